The Hall–Kier alpha value is -0.610. The average Bonchev–Trinajstić information content (AvgIpc) is 2.71. The number of rotatable bonds is 1. The molecule has 0 unspecified atom stereocenters. The predicted molar refractivity (Wildman–Crippen MR) is 53.1 cm³/mol. The number of amides is 1. The van der Waals surface area contributed by atoms with Crippen molar-refractivity contribution >= 4 is 5.91 Å². The Balaban J connectivity index is 1.85. The van der Waals surface area contributed by atoms with E-state index in [-0.39, 0.29) is 12.0 Å². The molecule has 4 nitrogen and oxygen atoms in total. The van der Waals surface area contributed by atoms with Crippen molar-refractivity contribution in [2.75, 3.05) is 39.8 Å². The van der Waals surface area contributed by atoms with Gasteiger partial charge in [0.1, 0.15) is 6.10 Å². The highest BCUT2D eigenvalue weighted by molar-refractivity contribution is 5.81. The molecule has 2 fully saturated rings. The van der Waals surface area contributed by atoms with E-state index >= 15 is 0 Å². The van der Waals surface area contributed by atoms with Crippen LogP contribution in [0.3, 0.4) is 0 Å². The molecule has 0 aromatic heterocycles. The minimum absolute atomic E-state index is 0.140. The van der Waals surface area contributed by atoms with E-state index in [9.17, 15) is 4.79 Å². The van der Waals surface area contributed by atoms with Gasteiger partial charge in [0.05, 0.1) is 0 Å². The predicted octanol–water partition coefficient (Wildman–Crippen LogP) is -0.0606. The molecule has 0 saturated carbocycles. The summed E-state index contributed by atoms with van der Waals surface area (Å²) < 4.78 is 5.39. The normalized spacial score (nSPS) is 29.5. The summed E-state index contributed by atoms with van der Waals surface area (Å²) in [6, 6.07) is 0. The molecule has 0 aromatic carbocycles. The summed E-state index contributed by atoms with van der Waals surface area (Å²) >= 11 is 0. The van der Waals surface area contributed by atoms with E-state index in [2.05, 4.69) is 11.9 Å². The van der Waals surface area contributed by atoms with Crippen LogP contribution in [-0.4, -0.2) is 61.6 Å². The van der Waals surface area contributed by atoms with Crippen molar-refractivity contribution < 1.29 is 9.53 Å². The van der Waals surface area contributed by atoms with Gasteiger partial charge in [-0.1, -0.05) is 0 Å². The zero-order valence-electron chi connectivity index (χ0n) is 8.74. The second kappa shape index (κ2) is 4.28. The number of nitrogens with zero attached hydrogens (tertiary/aromatic N) is 2. The monoisotopic (exact) mass is 198 g/mol. The smallest absolute Gasteiger partial charge is 0.251 e. The van der Waals surface area contributed by atoms with Gasteiger partial charge in [-0.05, 0) is 19.9 Å². The molecular formula is C10H18N2O2. The maximum Gasteiger partial charge on any atom is 0.251 e. The van der Waals surface area contributed by atoms with Gasteiger partial charge in [-0.2, -0.15) is 0 Å². The van der Waals surface area contributed by atoms with Crippen molar-refractivity contribution in [3.63, 3.8) is 0 Å². The Labute approximate surface area is 84.8 Å². The SMILES string of the molecule is CN1CCN(C(=O)[C@@H]2CCCO2)CC1. The lowest BCUT2D eigenvalue weighted by Gasteiger charge is -2.33. The first-order chi connectivity index (χ1) is 6.77. The summed E-state index contributed by atoms with van der Waals surface area (Å²) in [5.74, 6) is 0.204. The van der Waals surface area contributed by atoms with Crippen molar-refractivity contribution in [1.82, 2.24) is 9.80 Å². The first-order valence-electron chi connectivity index (χ1n) is 5.36. The Bertz CT molecular complexity index is 206. The van der Waals surface area contributed by atoms with E-state index in [0.717, 1.165) is 45.6 Å². The fourth-order valence-electron chi connectivity index (χ4n) is 2.00. The van der Waals surface area contributed by atoms with Gasteiger partial charge in [-0.3, -0.25) is 4.79 Å². The van der Waals surface area contributed by atoms with Crippen molar-refractivity contribution in [2.24, 2.45) is 0 Å². The Morgan fingerprint density at radius 2 is 2.00 bits per heavy atom. The molecule has 0 spiro atoms. The summed E-state index contributed by atoms with van der Waals surface area (Å²) in [5, 5.41) is 0. The standard InChI is InChI=1S/C10H18N2O2/c1-11-4-6-12(7-5-11)10(13)9-3-2-8-14-9/h9H,2-8H2,1H3/t9-/m0/s1. The second-order valence-electron chi connectivity index (χ2n) is 4.13. The fraction of sp³-hybridized carbons (Fsp3) is 0.900. The second-order valence-corrected chi connectivity index (χ2v) is 4.13. The summed E-state index contributed by atoms with van der Waals surface area (Å²) in [5.41, 5.74) is 0. The van der Waals surface area contributed by atoms with E-state index in [1.165, 1.54) is 0 Å². The number of carbonyl (C=O) groups is 1. The third-order valence-corrected chi connectivity index (χ3v) is 3.02. The number of hydrogen-bond donors (Lipinski definition) is 0. The minimum Gasteiger partial charge on any atom is -0.368 e. The topological polar surface area (TPSA) is 32.8 Å². The van der Waals surface area contributed by atoms with Crippen LogP contribution in [0.1, 0.15) is 12.8 Å². The zero-order valence-corrected chi connectivity index (χ0v) is 8.74. The van der Waals surface area contributed by atoms with Crippen LogP contribution in [-0.2, 0) is 9.53 Å². The van der Waals surface area contributed by atoms with Crippen LogP contribution < -0.4 is 0 Å². The molecule has 2 aliphatic rings. The quantitative estimate of drug-likeness (QED) is 0.592. The molecule has 80 valence electrons. The van der Waals surface area contributed by atoms with Crippen molar-refractivity contribution in [3.05, 3.63) is 0 Å². The minimum atomic E-state index is -0.140. The third-order valence-electron chi connectivity index (χ3n) is 3.02. The van der Waals surface area contributed by atoms with Crippen LogP contribution in [0.4, 0.5) is 0 Å². The first kappa shape index (κ1) is 9.93. The molecule has 0 bridgehead atoms. The van der Waals surface area contributed by atoms with E-state index in [4.69, 9.17) is 4.74 Å². The van der Waals surface area contributed by atoms with Crippen molar-refractivity contribution in [2.45, 2.75) is 18.9 Å². The molecule has 0 N–H and O–H groups in total. The number of hydrogen-bond acceptors (Lipinski definition) is 3. The van der Waals surface area contributed by atoms with Gasteiger partial charge in [-0.25, -0.2) is 0 Å². The van der Waals surface area contributed by atoms with Crippen molar-refractivity contribution in [3.8, 4) is 0 Å². The molecule has 1 atom stereocenters. The van der Waals surface area contributed by atoms with Crippen LogP contribution in [0.2, 0.25) is 0 Å². The summed E-state index contributed by atoms with van der Waals surface area (Å²) in [6.07, 6.45) is 1.80. The van der Waals surface area contributed by atoms with Crippen LogP contribution in [0.25, 0.3) is 0 Å². The maximum absolute atomic E-state index is 11.9. The molecule has 2 heterocycles. The van der Waals surface area contributed by atoms with E-state index in [0.29, 0.717) is 0 Å². The first-order valence-corrected chi connectivity index (χ1v) is 5.36. The Morgan fingerprint density at radius 1 is 1.29 bits per heavy atom. The Kier molecular flexibility index (Phi) is 3.03. The lowest BCUT2D eigenvalue weighted by molar-refractivity contribution is -0.142. The van der Waals surface area contributed by atoms with Gasteiger partial charge in [0.2, 0.25) is 0 Å². The molecule has 2 saturated heterocycles. The Morgan fingerprint density at radius 3 is 2.57 bits per heavy atom. The molecule has 1 amide bonds. The highest BCUT2D eigenvalue weighted by Gasteiger charge is 2.29. The highest BCUT2D eigenvalue weighted by Crippen LogP contribution is 2.15. The van der Waals surface area contributed by atoms with E-state index in [1.807, 2.05) is 4.90 Å². The van der Waals surface area contributed by atoms with E-state index in [1.54, 1.807) is 0 Å². The number of carbonyl (C=O) groups excluding carboxylic acids is 1. The maximum atomic E-state index is 11.9. The molecule has 2 aliphatic heterocycles. The number of piperazine rings is 1. The van der Waals surface area contributed by atoms with Crippen LogP contribution in [0.15, 0.2) is 0 Å². The summed E-state index contributed by atoms with van der Waals surface area (Å²) in [4.78, 5) is 16.1. The van der Waals surface area contributed by atoms with Crippen LogP contribution >= 0.6 is 0 Å². The molecule has 0 aromatic rings. The highest BCUT2D eigenvalue weighted by atomic mass is 16.5. The average molecular weight is 198 g/mol. The summed E-state index contributed by atoms with van der Waals surface area (Å²) in [7, 11) is 2.09. The number of ether oxygens (including phenoxy) is 1. The van der Waals surface area contributed by atoms with Gasteiger partial charge < -0.3 is 14.5 Å². The van der Waals surface area contributed by atoms with Crippen LogP contribution in [0, 0.1) is 0 Å². The largest absolute Gasteiger partial charge is 0.368 e. The van der Waals surface area contributed by atoms with Crippen LogP contribution in [0.5, 0.6) is 0 Å². The van der Waals surface area contributed by atoms with Crippen molar-refractivity contribution in [1.29, 1.82) is 0 Å². The zero-order chi connectivity index (χ0) is 9.97. The van der Waals surface area contributed by atoms with E-state index < -0.39 is 0 Å². The number of likely N-dealkylation sites (N-methyl/N-ethyl adjacent to an activating group) is 1. The third kappa shape index (κ3) is 2.07. The molecule has 4 heteroatoms. The lowest BCUT2D eigenvalue weighted by atomic mass is 10.2. The lowest BCUT2D eigenvalue weighted by Crippen LogP contribution is -2.50. The molecule has 14 heavy (non-hydrogen) atoms. The van der Waals surface area contributed by atoms with Gasteiger partial charge in [0, 0.05) is 32.8 Å². The van der Waals surface area contributed by atoms with Gasteiger partial charge in [-0.15, -0.1) is 0 Å². The van der Waals surface area contributed by atoms with Gasteiger partial charge in [0.25, 0.3) is 5.91 Å². The molecule has 2 rings (SSSR count). The van der Waals surface area contributed by atoms with Gasteiger partial charge in [0.15, 0.2) is 0 Å². The summed E-state index contributed by atoms with van der Waals surface area (Å²) in [6.45, 7) is 4.44. The molecule has 0 radical (unpaired) electrons. The fourth-order valence-corrected chi connectivity index (χ4v) is 2.00. The molecular weight excluding hydrogens is 180 g/mol. The molecule has 0 aliphatic carbocycles. The van der Waals surface area contributed by atoms with Gasteiger partial charge >= 0.3 is 0 Å².